The normalized spacial score (nSPS) is 12.0. The first-order valence-electron chi connectivity index (χ1n) is 6.82. The van der Waals surface area contributed by atoms with Gasteiger partial charge in [-0.1, -0.05) is 49.5 Å². The topological polar surface area (TPSA) is 12.4 Å². The van der Waals surface area contributed by atoms with Crippen molar-refractivity contribution < 1.29 is 0 Å². The molecule has 0 heterocycles. The molecule has 3 heteroatoms. The van der Waals surface area contributed by atoms with E-state index in [1.165, 1.54) is 10.5 Å². The van der Waals surface area contributed by atoms with E-state index in [-0.39, 0.29) is 0 Å². The molecular weight excluding hydrogens is 278 g/mol. The van der Waals surface area contributed by atoms with Gasteiger partial charge < -0.3 is 0 Å². The average molecular weight is 300 g/mol. The molecule has 0 aliphatic heterocycles. The second-order valence-corrected chi connectivity index (χ2v) is 15.1. The predicted octanol–water partition coefficient (Wildman–Crippen LogP) is 5.67. The van der Waals surface area contributed by atoms with Crippen LogP contribution in [0.15, 0.2) is 58.4 Å². The highest BCUT2D eigenvalue weighted by Gasteiger charge is 2.14. The van der Waals surface area contributed by atoms with Gasteiger partial charge in [-0.2, -0.15) is 11.2 Å². The standard InChI is InChI=1S/C17H21NSSi/c1-14-8-10-16(11-9-14)18-13-15-6-5-7-17(12-15)19-20(2,3)4/h5-13H,1-4H3/b18-13-. The van der Waals surface area contributed by atoms with Gasteiger partial charge in [0.2, 0.25) is 0 Å². The molecule has 0 fully saturated rings. The largest absolute Gasteiger partial charge is 0.256 e. The Hall–Kier alpha value is -1.32. The minimum atomic E-state index is -1.14. The Balaban J connectivity index is 2.13. The summed E-state index contributed by atoms with van der Waals surface area (Å²) in [7, 11) is -1.14. The molecule has 0 spiro atoms. The van der Waals surface area contributed by atoms with Gasteiger partial charge in [0, 0.05) is 11.1 Å². The molecule has 0 aromatic heterocycles. The molecule has 0 unspecified atom stereocenters. The molecule has 1 nitrogen and oxygen atoms in total. The van der Waals surface area contributed by atoms with Gasteiger partial charge in [0.1, 0.15) is 7.22 Å². The van der Waals surface area contributed by atoms with Crippen molar-refractivity contribution in [3.05, 3.63) is 59.7 Å². The van der Waals surface area contributed by atoms with Gasteiger partial charge in [-0.25, -0.2) is 0 Å². The second-order valence-electron chi connectivity index (χ2n) is 5.88. The predicted molar refractivity (Wildman–Crippen MR) is 94.1 cm³/mol. The van der Waals surface area contributed by atoms with E-state index in [0.29, 0.717) is 0 Å². The van der Waals surface area contributed by atoms with Crippen molar-refractivity contribution >= 4 is 30.3 Å². The zero-order valence-corrected chi connectivity index (χ0v) is 14.4. The molecular formula is C17H21NSSi. The zero-order chi connectivity index (χ0) is 14.6. The lowest BCUT2D eigenvalue weighted by Crippen LogP contribution is -2.13. The Morgan fingerprint density at radius 2 is 1.70 bits per heavy atom. The smallest absolute Gasteiger partial charge is 0.114 e. The highest BCUT2D eigenvalue weighted by molar-refractivity contribution is 8.28. The monoisotopic (exact) mass is 299 g/mol. The van der Waals surface area contributed by atoms with E-state index in [1.54, 1.807) is 0 Å². The minimum absolute atomic E-state index is 0.999. The summed E-state index contributed by atoms with van der Waals surface area (Å²) in [6.45, 7) is 9.19. The molecule has 0 amide bonds. The van der Waals surface area contributed by atoms with Crippen LogP contribution in [-0.2, 0) is 0 Å². The van der Waals surface area contributed by atoms with E-state index in [2.05, 4.69) is 68.0 Å². The van der Waals surface area contributed by atoms with E-state index < -0.39 is 7.22 Å². The number of nitrogens with zero attached hydrogens (tertiary/aromatic N) is 1. The fourth-order valence-corrected chi connectivity index (χ4v) is 5.34. The van der Waals surface area contributed by atoms with Crippen LogP contribution in [0.3, 0.4) is 0 Å². The van der Waals surface area contributed by atoms with Crippen molar-refractivity contribution in [3.63, 3.8) is 0 Å². The lowest BCUT2D eigenvalue weighted by Gasteiger charge is -2.15. The van der Waals surface area contributed by atoms with E-state index in [0.717, 1.165) is 11.3 Å². The highest BCUT2D eigenvalue weighted by atomic mass is 32.4. The lowest BCUT2D eigenvalue weighted by molar-refractivity contribution is 1.42. The number of aliphatic imine (C=N–C) groups is 1. The summed E-state index contributed by atoms with van der Waals surface area (Å²) >= 11 is 2.02. The number of hydrogen-bond donors (Lipinski definition) is 0. The van der Waals surface area contributed by atoms with Crippen LogP contribution in [0.25, 0.3) is 0 Å². The van der Waals surface area contributed by atoms with Crippen LogP contribution in [-0.4, -0.2) is 13.4 Å². The average Bonchev–Trinajstić information content (AvgIpc) is 2.36. The Bertz CT molecular complexity index is 597. The van der Waals surface area contributed by atoms with Crippen LogP contribution in [0.1, 0.15) is 11.1 Å². The number of benzene rings is 2. The summed E-state index contributed by atoms with van der Waals surface area (Å²) in [6, 6.07) is 16.9. The molecule has 0 aliphatic carbocycles. The third-order valence-corrected chi connectivity index (χ3v) is 6.33. The first-order chi connectivity index (χ1) is 9.42. The Morgan fingerprint density at radius 1 is 1.00 bits per heavy atom. The van der Waals surface area contributed by atoms with Crippen molar-refractivity contribution in [1.82, 2.24) is 0 Å². The van der Waals surface area contributed by atoms with Gasteiger partial charge in [-0.3, -0.25) is 4.99 Å². The second kappa shape index (κ2) is 6.42. The van der Waals surface area contributed by atoms with Crippen molar-refractivity contribution in [1.29, 1.82) is 0 Å². The van der Waals surface area contributed by atoms with Crippen LogP contribution >= 0.6 is 11.2 Å². The van der Waals surface area contributed by atoms with Crippen molar-refractivity contribution in [3.8, 4) is 0 Å². The molecule has 0 saturated heterocycles. The quantitative estimate of drug-likeness (QED) is 0.523. The summed E-state index contributed by atoms with van der Waals surface area (Å²) in [5.74, 6) is 0. The van der Waals surface area contributed by atoms with Crippen LogP contribution in [0.4, 0.5) is 5.69 Å². The highest BCUT2D eigenvalue weighted by Crippen LogP contribution is 2.29. The number of hydrogen-bond acceptors (Lipinski definition) is 2. The van der Waals surface area contributed by atoms with Crippen LogP contribution in [0, 0.1) is 6.92 Å². The Morgan fingerprint density at radius 3 is 2.35 bits per heavy atom. The van der Waals surface area contributed by atoms with E-state index >= 15 is 0 Å². The molecule has 20 heavy (non-hydrogen) atoms. The maximum absolute atomic E-state index is 4.53. The molecule has 0 atom stereocenters. The molecule has 2 rings (SSSR count). The van der Waals surface area contributed by atoms with Crippen LogP contribution < -0.4 is 0 Å². The molecule has 0 N–H and O–H groups in total. The maximum atomic E-state index is 4.53. The molecule has 0 bridgehead atoms. The SMILES string of the molecule is Cc1ccc(/N=C\c2cccc(S[Si](C)(C)C)c2)cc1. The van der Waals surface area contributed by atoms with Crippen molar-refractivity contribution in [2.24, 2.45) is 4.99 Å². The maximum Gasteiger partial charge on any atom is 0.114 e. The van der Waals surface area contributed by atoms with Crippen molar-refractivity contribution in [2.75, 3.05) is 0 Å². The van der Waals surface area contributed by atoms with E-state index in [1.807, 2.05) is 29.6 Å². The fraction of sp³-hybridized carbons (Fsp3) is 0.235. The number of aryl methyl sites for hydroxylation is 1. The first kappa shape index (κ1) is 15.1. The summed E-state index contributed by atoms with van der Waals surface area (Å²) in [5, 5.41) is 0. The third-order valence-electron chi connectivity index (χ3n) is 2.68. The van der Waals surface area contributed by atoms with Gasteiger partial charge in [-0.05, 0) is 36.8 Å². The summed E-state index contributed by atoms with van der Waals surface area (Å²) < 4.78 is 0. The minimum Gasteiger partial charge on any atom is -0.256 e. The summed E-state index contributed by atoms with van der Waals surface area (Å²) in [5.41, 5.74) is 3.42. The molecule has 0 aliphatic rings. The van der Waals surface area contributed by atoms with Gasteiger partial charge >= 0.3 is 0 Å². The molecule has 104 valence electrons. The van der Waals surface area contributed by atoms with Gasteiger partial charge in [0.05, 0.1) is 5.69 Å². The third kappa shape index (κ3) is 4.98. The lowest BCUT2D eigenvalue weighted by atomic mass is 10.2. The van der Waals surface area contributed by atoms with Gasteiger partial charge in [-0.15, -0.1) is 0 Å². The first-order valence-corrected chi connectivity index (χ1v) is 11.9. The van der Waals surface area contributed by atoms with Gasteiger partial charge in [0.15, 0.2) is 0 Å². The Kier molecular flexibility index (Phi) is 4.84. The molecule has 0 radical (unpaired) electrons. The van der Waals surface area contributed by atoms with Crippen LogP contribution in [0.5, 0.6) is 0 Å². The van der Waals surface area contributed by atoms with Crippen LogP contribution in [0.2, 0.25) is 19.6 Å². The summed E-state index contributed by atoms with van der Waals surface area (Å²) in [6.07, 6.45) is 1.94. The van der Waals surface area contributed by atoms with E-state index in [9.17, 15) is 0 Å². The van der Waals surface area contributed by atoms with Crippen molar-refractivity contribution in [2.45, 2.75) is 31.5 Å². The molecule has 2 aromatic rings. The fourth-order valence-electron chi connectivity index (χ4n) is 1.79. The van der Waals surface area contributed by atoms with E-state index in [4.69, 9.17) is 0 Å². The van der Waals surface area contributed by atoms with Gasteiger partial charge in [0.25, 0.3) is 0 Å². The summed E-state index contributed by atoms with van der Waals surface area (Å²) in [4.78, 5) is 5.88. The molecule has 2 aromatic carbocycles. The molecule has 0 saturated carbocycles. The Labute approximate surface area is 126 Å². The zero-order valence-electron chi connectivity index (χ0n) is 12.6. The number of rotatable bonds is 4.